The molecule has 2 heterocycles. The number of carboxylic acid groups (broad SMARTS) is 1. The van der Waals surface area contributed by atoms with Gasteiger partial charge in [-0.15, -0.1) is 0 Å². The summed E-state index contributed by atoms with van der Waals surface area (Å²) in [5.41, 5.74) is 2.10. The van der Waals surface area contributed by atoms with Crippen molar-refractivity contribution in [3.63, 3.8) is 0 Å². The van der Waals surface area contributed by atoms with Gasteiger partial charge in [-0.2, -0.15) is 0 Å². The Hall–Kier alpha value is -2.66. The number of fused-ring (bicyclic) bond motifs is 1. The fourth-order valence-corrected chi connectivity index (χ4v) is 4.16. The van der Waals surface area contributed by atoms with Crippen LogP contribution in [0.2, 0.25) is 0 Å². The Balaban J connectivity index is 1.35. The predicted molar refractivity (Wildman–Crippen MR) is 98.0 cm³/mol. The van der Waals surface area contributed by atoms with Gasteiger partial charge in [-0.05, 0) is 41.7 Å². The lowest BCUT2D eigenvalue weighted by molar-refractivity contribution is 0.0694. The van der Waals surface area contributed by atoms with Crippen molar-refractivity contribution < 1.29 is 14.7 Å². The highest BCUT2D eigenvalue weighted by atomic mass is 16.4. The van der Waals surface area contributed by atoms with Gasteiger partial charge < -0.3 is 10.0 Å². The number of amides is 1. The fraction of sp³-hybridized carbons (Fsp3) is 0.333. The Bertz CT molecular complexity index is 790. The van der Waals surface area contributed by atoms with Crippen LogP contribution in [0.5, 0.6) is 0 Å². The Morgan fingerprint density at radius 2 is 1.42 bits per heavy atom. The highest BCUT2D eigenvalue weighted by Crippen LogP contribution is 2.32. The molecule has 2 aliphatic rings. The summed E-state index contributed by atoms with van der Waals surface area (Å²) in [7, 11) is 0. The van der Waals surface area contributed by atoms with Crippen molar-refractivity contribution in [3.05, 3.63) is 71.3 Å². The topological polar surface area (TPSA) is 60.9 Å². The molecule has 0 bridgehead atoms. The van der Waals surface area contributed by atoms with E-state index in [9.17, 15) is 9.59 Å². The maximum atomic E-state index is 12.7. The molecule has 4 rings (SSSR count). The Morgan fingerprint density at radius 3 is 2.00 bits per heavy atom. The lowest BCUT2D eigenvalue weighted by Crippen LogP contribution is -2.33. The van der Waals surface area contributed by atoms with Crippen LogP contribution >= 0.6 is 0 Å². The summed E-state index contributed by atoms with van der Waals surface area (Å²) in [6.45, 7) is 4.60. The van der Waals surface area contributed by atoms with Crippen molar-refractivity contribution >= 4 is 11.9 Å². The molecule has 2 aromatic rings. The van der Waals surface area contributed by atoms with Crippen LogP contribution in [-0.4, -0.2) is 53.0 Å². The smallest absolute Gasteiger partial charge is 0.335 e. The van der Waals surface area contributed by atoms with Gasteiger partial charge >= 0.3 is 5.97 Å². The van der Waals surface area contributed by atoms with Gasteiger partial charge in [-0.1, -0.05) is 30.3 Å². The Labute approximate surface area is 152 Å². The van der Waals surface area contributed by atoms with Crippen molar-refractivity contribution in [2.24, 2.45) is 11.8 Å². The van der Waals surface area contributed by atoms with E-state index in [0.29, 0.717) is 17.4 Å². The first-order valence-electron chi connectivity index (χ1n) is 8.99. The number of hydrogen-bond donors (Lipinski definition) is 1. The number of carbonyl (C=O) groups is 2. The van der Waals surface area contributed by atoms with E-state index >= 15 is 0 Å². The molecule has 5 nitrogen and oxygen atoms in total. The van der Waals surface area contributed by atoms with Gasteiger partial charge in [0, 0.05) is 38.3 Å². The van der Waals surface area contributed by atoms with Gasteiger partial charge in [0.15, 0.2) is 0 Å². The SMILES string of the molecule is O=C(O)c1ccc(C(=O)N2C[C@H]3CN(Cc4ccccc4)C[C@H]3C2)cc1. The first-order chi connectivity index (χ1) is 12.6. The van der Waals surface area contributed by atoms with E-state index in [1.807, 2.05) is 11.0 Å². The molecular weight excluding hydrogens is 328 g/mol. The number of carbonyl (C=O) groups excluding carboxylic acids is 1. The first-order valence-corrected chi connectivity index (χ1v) is 8.99. The van der Waals surface area contributed by atoms with Crippen molar-refractivity contribution in [1.29, 1.82) is 0 Å². The van der Waals surface area contributed by atoms with Crippen LogP contribution in [-0.2, 0) is 6.54 Å². The van der Waals surface area contributed by atoms with Gasteiger partial charge in [0.25, 0.3) is 5.91 Å². The van der Waals surface area contributed by atoms with Gasteiger partial charge in [-0.3, -0.25) is 9.69 Å². The fourth-order valence-electron chi connectivity index (χ4n) is 4.16. The first kappa shape index (κ1) is 16.8. The van der Waals surface area contributed by atoms with E-state index in [1.54, 1.807) is 12.1 Å². The molecular formula is C21H22N2O3. The number of benzene rings is 2. The minimum Gasteiger partial charge on any atom is -0.478 e. The molecule has 134 valence electrons. The largest absolute Gasteiger partial charge is 0.478 e. The standard InChI is InChI=1S/C21H22N2O3/c24-20(16-6-8-17(9-7-16)21(25)26)23-13-18-11-22(12-19(18)14-23)10-15-4-2-1-3-5-15/h1-9,18-19H,10-14H2,(H,25,26)/t18-,19+. The summed E-state index contributed by atoms with van der Waals surface area (Å²) in [5.74, 6) is 0.0890. The second-order valence-corrected chi connectivity index (χ2v) is 7.29. The van der Waals surface area contributed by atoms with E-state index in [2.05, 4.69) is 29.2 Å². The summed E-state index contributed by atoms with van der Waals surface area (Å²) in [4.78, 5) is 28.0. The number of nitrogens with zero attached hydrogens (tertiary/aromatic N) is 2. The molecule has 0 radical (unpaired) electrons. The van der Waals surface area contributed by atoms with Crippen LogP contribution in [0.4, 0.5) is 0 Å². The van der Waals surface area contributed by atoms with Crippen LogP contribution in [0.3, 0.4) is 0 Å². The van der Waals surface area contributed by atoms with Crippen molar-refractivity contribution in [1.82, 2.24) is 9.80 Å². The van der Waals surface area contributed by atoms with Crippen LogP contribution in [0.25, 0.3) is 0 Å². The monoisotopic (exact) mass is 350 g/mol. The van der Waals surface area contributed by atoms with Gasteiger partial charge in [0.2, 0.25) is 0 Å². The number of hydrogen-bond acceptors (Lipinski definition) is 3. The molecule has 2 atom stereocenters. The zero-order chi connectivity index (χ0) is 18.1. The maximum Gasteiger partial charge on any atom is 0.335 e. The summed E-state index contributed by atoms with van der Waals surface area (Å²) in [6.07, 6.45) is 0. The Kier molecular flexibility index (Phi) is 4.47. The quantitative estimate of drug-likeness (QED) is 0.921. The number of carboxylic acids is 1. The van der Waals surface area contributed by atoms with Crippen LogP contribution in [0.15, 0.2) is 54.6 Å². The van der Waals surface area contributed by atoms with E-state index in [0.717, 1.165) is 32.7 Å². The second kappa shape index (κ2) is 6.92. The molecule has 2 aliphatic heterocycles. The molecule has 0 saturated carbocycles. The summed E-state index contributed by atoms with van der Waals surface area (Å²) in [5, 5.41) is 8.97. The van der Waals surface area contributed by atoms with Gasteiger partial charge in [0.1, 0.15) is 0 Å². The molecule has 0 aromatic heterocycles. The van der Waals surface area contributed by atoms with Crippen molar-refractivity contribution in [3.8, 4) is 0 Å². The maximum absolute atomic E-state index is 12.7. The van der Waals surface area contributed by atoms with Crippen LogP contribution < -0.4 is 0 Å². The molecule has 1 amide bonds. The normalized spacial score (nSPS) is 22.4. The second-order valence-electron chi connectivity index (χ2n) is 7.29. The number of aromatic carboxylic acids is 1. The highest BCUT2D eigenvalue weighted by molar-refractivity contribution is 5.96. The lowest BCUT2D eigenvalue weighted by Gasteiger charge is -2.22. The Morgan fingerprint density at radius 1 is 0.846 bits per heavy atom. The van der Waals surface area contributed by atoms with E-state index in [-0.39, 0.29) is 11.5 Å². The minimum absolute atomic E-state index is 0.00551. The molecule has 0 unspecified atom stereocenters. The highest BCUT2D eigenvalue weighted by Gasteiger charge is 2.41. The summed E-state index contributed by atoms with van der Waals surface area (Å²) < 4.78 is 0. The van der Waals surface area contributed by atoms with E-state index in [4.69, 9.17) is 5.11 Å². The third kappa shape index (κ3) is 3.35. The number of rotatable bonds is 4. The molecule has 0 aliphatic carbocycles. The van der Waals surface area contributed by atoms with Crippen molar-refractivity contribution in [2.75, 3.05) is 26.2 Å². The number of likely N-dealkylation sites (tertiary alicyclic amines) is 2. The molecule has 26 heavy (non-hydrogen) atoms. The van der Waals surface area contributed by atoms with Gasteiger partial charge in [-0.25, -0.2) is 4.79 Å². The van der Waals surface area contributed by atoms with E-state index < -0.39 is 5.97 Å². The molecule has 2 fully saturated rings. The molecule has 2 saturated heterocycles. The zero-order valence-corrected chi connectivity index (χ0v) is 14.5. The van der Waals surface area contributed by atoms with Crippen molar-refractivity contribution in [2.45, 2.75) is 6.54 Å². The van der Waals surface area contributed by atoms with Crippen LogP contribution in [0, 0.1) is 11.8 Å². The predicted octanol–water partition coefficient (Wildman–Crippen LogP) is 2.59. The minimum atomic E-state index is -0.974. The molecule has 0 spiro atoms. The molecule has 1 N–H and O–H groups in total. The molecule has 2 aromatic carbocycles. The third-order valence-corrected chi connectivity index (χ3v) is 5.48. The average molecular weight is 350 g/mol. The lowest BCUT2D eigenvalue weighted by atomic mass is 10.0. The average Bonchev–Trinajstić information content (AvgIpc) is 3.20. The zero-order valence-electron chi connectivity index (χ0n) is 14.5. The third-order valence-electron chi connectivity index (χ3n) is 5.48. The molecule has 5 heteroatoms. The summed E-state index contributed by atoms with van der Waals surface area (Å²) >= 11 is 0. The van der Waals surface area contributed by atoms with Gasteiger partial charge in [0.05, 0.1) is 5.56 Å². The van der Waals surface area contributed by atoms with E-state index in [1.165, 1.54) is 17.7 Å². The van der Waals surface area contributed by atoms with Crippen LogP contribution in [0.1, 0.15) is 26.3 Å². The summed E-state index contributed by atoms with van der Waals surface area (Å²) in [6, 6.07) is 16.7.